The summed E-state index contributed by atoms with van der Waals surface area (Å²) < 4.78 is 41.3. The zero-order valence-electron chi connectivity index (χ0n) is 12.9. The second-order valence-corrected chi connectivity index (χ2v) is 6.05. The number of rotatable bonds is 4. The van der Waals surface area contributed by atoms with Crippen LogP contribution in [0.25, 0.3) is 0 Å². The van der Waals surface area contributed by atoms with Gasteiger partial charge in [0.25, 0.3) is 0 Å². The summed E-state index contributed by atoms with van der Waals surface area (Å²) in [6.07, 6.45) is -2.02. The number of nitriles is 1. The van der Waals surface area contributed by atoms with E-state index < -0.39 is 29.3 Å². The highest BCUT2D eigenvalue weighted by molar-refractivity contribution is 6.32. The van der Waals surface area contributed by atoms with Crippen LogP contribution in [0.15, 0.2) is 6.20 Å². The number of aryl methyl sites for hydroxylation is 1. The number of hydrogen-bond acceptors (Lipinski definition) is 4. The van der Waals surface area contributed by atoms with Crippen molar-refractivity contribution in [2.75, 3.05) is 5.32 Å². The van der Waals surface area contributed by atoms with E-state index in [4.69, 9.17) is 16.9 Å². The predicted octanol–water partition coefficient (Wildman–Crippen LogP) is 2.68. The lowest BCUT2D eigenvalue weighted by Gasteiger charge is -2.08. The van der Waals surface area contributed by atoms with Crippen LogP contribution in [0, 0.1) is 11.3 Å². The zero-order valence-corrected chi connectivity index (χ0v) is 13.7. The van der Waals surface area contributed by atoms with Crippen LogP contribution in [0.2, 0.25) is 5.02 Å². The number of halogens is 4. The minimum atomic E-state index is -4.70. The summed E-state index contributed by atoms with van der Waals surface area (Å²) in [6.45, 7) is -0.447. The highest BCUT2D eigenvalue weighted by atomic mass is 35.5. The molecule has 2 aromatic heterocycles. The Morgan fingerprint density at radius 1 is 1.52 bits per heavy atom. The first-order valence-corrected chi connectivity index (χ1v) is 7.65. The lowest BCUT2D eigenvalue weighted by Crippen LogP contribution is -2.23. The van der Waals surface area contributed by atoms with Gasteiger partial charge in [0.2, 0.25) is 5.91 Å². The summed E-state index contributed by atoms with van der Waals surface area (Å²) in [6, 6.07) is 1.87. The number of carbonyl (C=O) groups excluding carboxylic acids is 1. The molecule has 11 heteroatoms. The van der Waals surface area contributed by atoms with Crippen molar-refractivity contribution in [3.05, 3.63) is 28.2 Å². The second-order valence-electron chi connectivity index (χ2n) is 5.67. The zero-order chi connectivity index (χ0) is 18.4. The molecular weight excluding hydrogens is 361 g/mol. The number of amides is 1. The number of hydrogen-bond donors (Lipinski definition) is 1. The molecule has 0 aliphatic heterocycles. The van der Waals surface area contributed by atoms with Crippen LogP contribution in [0.3, 0.4) is 0 Å². The van der Waals surface area contributed by atoms with E-state index in [-0.39, 0.29) is 23.0 Å². The number of alkyl halides is 3. The Bertz CT molecular complexity index is 874. The van der Waals surface area contributed by atoms with Crippen molar-refractivity contribution in [3.63, 3.8) is 0 Å². The van der Waals surface area contributed by atoms with Crippen molar-refractivity contribution in [2.24, 2.45) is 7.05 Å². The van der Waals surface area contributed by atoms with Gasteiger partial charge in [-0.25, -0.2) is 0 Å². The van der Waals surface area contributed by atoms with Crippen molar-refractivity contribution in [3.8, 4) is 6.07 Å². The van der Waals surface area contributed by atoms with E-state index in [2.05, 4.69) is 15.5 Å². The van der Waals surface area contributed by atoms with Crippen molar-refractivity contribution in [1.29, 1.82) is 5.26 Å². The fraction of sp³-hybridized carbons (Fsp3) is 0.429. The first kappa shape index (κ1) is 17.3. The van der Waals surface area contributed by atoms with Gasteiger partial charge in [0, 0.05) is 13.0 Å². The normalized spacial score (nSPS) is 14.4. The largest absolute Gasteiger partial charge is 0.436 e. The third kappa shape index (κ3) is 3.32. The van der Waals surface area contributed by atoms with E-state index in [1.54, 1.807) is 0 Å². The summed E-state index contributed by atoms with van der Waals surface area (Å²) in [4.78, 5) is 12.2. The van der Waals surface area contributed by atoms with Gasteiger partial charge in [-0.15, -0.1) is 0 Å². The molecule has 0 aromatic carbocycles. The Labute approximate surface area is 145 Å². The van der Waals surface area contributed by atoms with E-state index in [0.29, 0.717) is 12.8 Å². The molecule has 1 fully saturated rings. The smallest absolute Gasteiger partial charge is 0.308 e. The minimum Gasteiger partial charge on any atom is -0.308 e. The van der Waals surface area contributed by atoms with Gasteiger partial charge in [-0.05, 0) is 12.8 Å². The van der Waals surface area contributed by atoms with Gasteiger partial charge < -0.3 is 5.32 Å². The molecule has 0 unspecified atom stereocenters. The standard InChI is InChI=1S/C14H12ClF3N6O/c1-23-13(8(4-19)5-20-23)21-9(25)6-24-11(7-2-3-7)10(15)12(22-24)14(16,17)18/h5,7H,2-3,6H2,1H3,(H,21,25). The predicted molar refractivity (Wildman–Crippen MR) is 80.8 cm³/mol. The van der Waals surface area contributed by atoms with Gasteiger partial charge in [0.05, 0.1) is 16.9 Å². The highest BCUT2D eigenvalue weighted by Crippen LogP contribution is 2.46. The first-order chi connectivity index (χ1) is 11.7. The molecule has 1 N–H and O–H groups in total. The molecule has 0 saturated heterocycles. The lowest BCUT2D eigenvalue weighted by molar-refractivity contribution is -0.141. The molecule has 1 aliphatic carbocycles. The highest BCUT2D eigenvalue weighted by Gasteiger charge is 2.42. The Hall–Kier alpha value is -2.54. The SMILES string of the molecule is Cn1ncc(C#N)c1NC(=O)Cn1nc(C(F)(F)F)c(Cl)c1C1CC1. The summed E-state index contributed by atoms with van der Waals surface area (Å²) in [7, 11) is 1.53. The summed E-state index contributed by atoms with van der Waals surface area (Å²) in [5.41, 5.74) is -0.829. The van der Waals surface area contributed by atoms with Crippen molar-refractivity contribution in [2.45, 2.75) is 31.5 Å². The Morgan fingerprint density at radius 2 is 2.20 bits per heavy atom. The fourth-order valence-corrected chi connectivity index (χ4v) is 2.87. The van der Waals surface area contributed by atoms with Crippen LogP contribution in [0.1, 0.15) is 35.7 Å². The van der Waals surface area contributed by atoms with Crippen LogP contribution < -0.4 is 5.32 Å². The number of carbonyl (C=O) groups is 1. The van der Waals surface area contributed by atoms with Crippen LogP contribution in [-0.2, 0) is 24.6 Å². The molecule has 2 aromatic rings. The molecular formula is C14H12ClF3N6O. The molecule has 1 aliphatic rings. The summed E-state index contributed by atoms with van der Waals surface area (Å²) in [5, 5.41) is 18.3. The van der Waals surface area contributed by atoms with Gasteiger partial charge >= 0.3 is 6.18 Å². The maximum Gasteiger partial charge on any atom is 0.436 e. The Morgan fingerprint density at radius 3 is 2.76 bits per heavy atom. The molecule has 25 heavy (non-hydrogen) atoms. The number of nitrogens with zero attached hydrogens (tertiary/aromatic N) is 5. The summed E-state index contributed by atoms with van der Waals surface area (Å²) in [5.74, 6) is -0.597. The monoisotopic (exact) mass is 372 g/mol. The molecule has 3 rings (SSSR count). The molecule has 1 amide bonds. The van der Waals surface area contributed by atoms with E-state index in [0.717, 1.165) is 4.68 Å². The van der Waals surface area contributed by atoms with Gasteiger partial charge in [-0.3, -0.25) is 14.2 Å². The Kier molecular flexibility index (Phi) is 4.20. The number of aromatic nitrogens is 4. The first-order valence-electron chi connectivity index (χ1n) is 7.27. The van der Waals surface area contributed by atoms with Crippen molar-refractivity contribution in [1.82, 2.24) is 19.6 Å². The van der Waals surface area contributed by atoms with E-state index >= 15 is 0 Å². The van der Waals surface area contributed by atoms with Crippen LogP contribution in [0.5, 0.6) is 0 Å². The molecule has 7 nitrogen and oxygen atoms in total. The third-order valence-electron chi connectivity index (χ3n) is 3.77. The maximum atomic E-state index is 13.0. The van der Waals surface area contributed by atoms with E-state index in [9.17, 15) is 18.0 Å². The molecule has 0 atom stereocenters. The molecule has 2 heterocycles. The summed E-state index contributed by atoms with van der Waals surface area (Å²) >= 11 is 5.86. The van der Waals surface area contributed by atoms with Gasteiger partial charge in [0.15, 0.2) is 5.69 Å². The number of anilines is 1. The van der Waals surface area contributed by atoms with Gasteiger partial charge in [0.1, 0.15) is 24.0 Å². The third-order valence-corrected chi connectivity index (χ3v) is 4.15. The molecule has 1 saturated carbocycles. The van der Waals surface area contributed by atoms with Crippen LogP contribution >= 0.6 is 11.6 Å². The fourth-order valence-electron chi connectivity index (χ4n) is 2.48. The van der Waals surface area contributed by atoms with E-state index in [1.165, 1.54) is 17.9 Å². The molecule has 132 valence electrons. The van der Waals surface area contributed by atoms with Gasteiger partial charge in [-0.1, -0.05) is 11.6 Å². The average Bonchev–Trinajstić information content (AvgIpc) is 3.21. The Balaban J connectivity index is 1.86. The average molecular weight is 373 g/mol. The second kappa shape index (κ2) is 6.07. The lowest BCUT2D eigenvalue weighted by atomic mass is 10.2. The van der Waals surface area contributed by atoms with Crippen molar-refractivity contribution >= 4 is 23.3 Å². The molecule has 0 radical (unpaired) electrons. The van der Waals surface area contributed by atoms with Crippen LogP contribution in [0.4, 0.5) is 19.0 Å². The van der Waals surface area contributed by atoms with Crippen molar-refractivity contribution < 1.29 is 18.0 Å². The number of nitrogens with one attached hydrogen (secondary N) is 1. The topological polar surface area (TPSA) is 88.5 Å². The minimum absolute atomic E-state index is 0.129. The molecule has 0 bridgehead atoms. The van der Waals surface area contributed by atoms with Gasteiger partial charge in [-0.2, -0.15) is 28.6 Å². The maximum absolute atomic E-state index is 13.0. The molecule has 0 spiro atoms. The quantitative estimate of drug-likeness (QED) is 0.893. The van der Waals surface area contributed by atoms with Crippen LogP contribution in [-0.4, -0.2) is 25.5 Å². The van der Waals surface area contributed by atoms with E-state index in [1.807, 2.05) is 6.07 Å².